The van der Waals surface area contributed by atoms with Gasteiger partial charge in [0.15, 0.2) is 0 Å². The molecule has 0 radical (unpaired) electrons. The number of allylic oxidation sites excluding steroid dienone is 7. The van der Waals surface area contributed by atoms with Gasteiger partial charge in [0, 0.05) is 0 Å². The van der Waals surface area contributed by atoms with Crippen molar-refractivity contribution >= 4 is 0 Å². The second kappa shape index (κ2) is 5.76. The summed E-state index contributed by atoms with van der Waals surface area (Å²) in [5, 5.41) is 0. The Bertz CT molecular complexity index is 474. The first-order valence-corrected chi connectivity index (χ1v) is 8.40. The molecule has 3 rings (SSSR count). The lowest BCUT2D eigenvalue weighted by atomic mass is 9.74. The molecule has 3 aliphatic rings. The van der Waals surface area contributed by atoms with E-state index in [1.165, 1.54) is 44.1 Å². The van der Waals surface area contributed by atoms with Gasteiger partial charge in [-0.1, -0.05) is 43.4 Å². The van der Waals surface area contributed by atoms with Crippen molar-refractivity contribution in [1.82, 2.24) is 0 Å². The Morgan fingerprint density at radius 2 is 2.15 bits per heavy atom. The van der Waals surface area contributed by atoms with Crippen LogP contribution in [0.15, 0.2) is 47.6 Å². The van der Waals surface area contributed by atoms with Gasteiger partial charge in [-0.05, 0) is 80.3 Å². The van der Waals surface area contributed by atoms with Crippen LogP contribution in [0.5, 0.6) is 0 Å². The molecule has 3 aliphatic carbocycles. The molecule has 0 aliphatic heterocycles. The van der Waals surface area contributed by atoms with Crippen molar-refractivity contribution in [2.75, 3.05) is 0 Å². The van der Waals surface area contributed by atoms with Crippen LogP contribution in [0.3, 0.4) is 0 Å². The molecule has 20 heavy (non-hydrogen) atoms. The first-order chi connectivity index (χ1) is 9.69. The number of rotatable bonds is 1. The lowest BCUT2D eigenvalue weighted by Gasteiger charge is -2.30. The maximum Gasteiger partial charge on any atom is -0.00959 e. The molecule has 1 saturated carbocycles. The van der Waals surface area contributed by atoms with Crippen LogP contribution in [-0.2, 0) is 0 Å². The van der Waals surface area contributed by atoms with Gasteiger partial charge in [-0.3, -0.25) is 0 Å². The van der Waals surface area contributed by atoms with Gasteiger partial charge in [0.2, 0.25) is 0 Å². The SMILES string of the molecule is C=C/C1=C/CCC[C@H]2CC2/C=C2/C=C(C)CCC2C1C. The van der Waals surface area contributed by atoms with E-state index in [4.69, 9.17) is 0 Å². The second-order valence-electron chi connectivity index (χ2n) is 7.09. The molecule has 0 bridgehead atoms. The fourth-order valence-electron chi connectivity index (χ4n) is 4.11. The van der Waals surface area contributed by atoms with E-state index in [1.54, 1.807) is 11.1 Å². The van der Waals surface area contributed by atoms with Gasteiger partial charge in [-0.25, -0.2) is 0 Å². The first-order valence-electron chi connectivity index (χ1n) is 8.40. The molecule has 1 fully saturated rings. The molecule has 4 atom stereocenters. The fourth-order valence-corrected chi connectivity index (χ4v) is 4.11. The van der Waals surface area contributed by atoms with Crippen molar-refractivity contribution in [2.24, 2.45) is 23.7 Å². The van der Waals surface area contributed by atoms with E-state index >= 15 is 0 Å². The van der Waals surface area contributed by atoms with Gasteiger partial charge in [0.25, 0.3) is 0 Å². The third-order valence-corrected chi connectivity index (χ3v) is 5.60. The Labute approximate surface area is 124 Å². The van der Waals surface area contributed by atoms with Crippen molar-refractivity contribution < 1.29 is 0 Å². The monoisotopic (exact) mass is 268 g/mol. The van der Waals surface area contributed by atoms with Crippen molar-refractivity contribution in [3.05, 3.63) is 47.6 Å². The summed E-state index contributed by atoms with van der Waals surface area (Å²) >= 11 is 0. The third kappa shape index (κ3) is 2.85. The molecule has 0 saturated heterocycles. The first kappa shape index (κ1) is 13.9. The highest BCUT2D eigenvalue weighted by atomic mass is 14.4. The minimum atomic E-state index is 0.624. The van der Waals surface area contributed by atoms with Gasteiger partial charge in [0.05, 0.1) is 0 Å². The standard InChI is InChI=1S/C20H28/c1-4-16-7-5-6-8-17-12-18(17)13-19-11-14(2)9-10-20(19)15(16)3/h4,7,11,13,15,17-18,20H,1,5-6,8-10,12H2,2-3H3/b16-7-,19-13-/t15?,17-,18?,20?/m0/s1. The Morgan fingerprint density at radius 1 is 1.30 bits per heavy atom. The van der Waals surface area contributed by atoms with Crippen LogP contribution in [-0.4, -0.2) is 0 Å². The molecule has 0 aromatic rings. The molecule has 0 nitrogen and oxygen atoms in total. The number of hydrogen-bond donors (Lipinski definition) is 0. The van der Waals surface area contributed by atoms with E-state index in [0.29, 0.717) is 11.8 Å². The molecule has 0 N–H and O–H groups in total. The van der Waals surface area contributed by atoms with Crippen LogP contribution < -0.4 is 0 Å². The zero-order chi connectivity index (χ0) is 14.1. The summed E-state index contributed by atoms with van der Waals surface area (Å²) in [6.07, 6.45) is 17.7. The van der Waals surface area contributed by atoms with Crippen LogP contribution in [0.4, 0.5) is 0 Å². The normalized spacial score (nSPS) is 42.6. The fraction of sp³-hybridized carbons (Fsp3) is 0.600. The molecular formula is C20H28. The predicted octanol–water partition coefficient (Wildman–Crippen LogP) is 5.84. The highest BCUT2D eigenvalue weighted by Gasteiger charge is 2.36. The highest BCUT2D eigenvalue weighted by molar-refractivity contribution is 5.35. The Morgan fingerprint density at radius 3 is 2.95 bits per heavy atom. The maximum atomic E-state index is 4.06. The van der Waals surface area contributed by atoms with Gasteiger partial charge in [-0.2, -0.15) is 0 Å². The summed E-state index contributed by atoms with van der Waals surface area (Å²) in [4.78, 5) is 0. The Kier molecular flexibility index (Phi) is 4.01. The van der Waals surface area contributed by atoms with Crippen LogP contribution in [0.2, 0.25) is 0 Å². The van der Waals surface area contributed by atoms with E-state index < -0.39 is 0 Å². The summed E-state index contributed by atoms with van der Waals surface area (Å²) in [5.41, 5.74) is 4.67. The largest absolute Gasteiger partial charge is 0.0988 e. The Balaban J connectivity index is 1.93. The molecule has 0 aromatic heterocycles. The number of fused-ring (bicyclic) bond motifs is 2. The average Bonchev–Trinajstić information content (AvgIpc) is 3.16. The van der Waals surface area contributed by atoms with Gasteiger partial charge >= 0.3 is 0 Å². The molecule has 0 spiro atoms. The van der Waals surface area contributed by atoms with Crippen LogP contribution in [0, 0.1) is 23.7 Å². The van der Waals surface area contributed by atoms with Gasteiger partial charge in [-0.15, -0.1) is 0 Å². The van der Waals surface area contributed by atoms with Crippen molar-refractivity contribution in [1.29, 1.82) is 0 Å². The van der Waals surface area contributed by atoms with Crippen molar-refractivity contribution in [3.63, 3.8) is 0 Å². The molecular weight excluding hydrogens is 240 g/mol. The van der Waals surface area contributed by atoms with Gasteiger partial charge < -0.3 is 0 Å². The molecule has 3 unspecified atom stereocenters. The van der Waals surface area contributed by atoms with E-state index in [-0.39, 0.29) is 0 Å². The summed E-state index contributed by atoms with van der Waals surface area (Å²) in [6.45, 7) is 8.76. The third-order valence-electron chi connectivity index (χ3n) is 5.60. The predicted molar refractivity (Wildman–Crippen MR) is 87.5 cm³/mol. The van der Waals surface area contributed by atoms with Crippen molar-refractivity contribution in [3.8, 4) is 0 Å². The van der Waals surface area contributed by atoms with Crippen LogP contribution in [0.1, 0.15) is 52.4 Å². The van der Waals surface area contributed by atoms with Crippen LogP contribution in [0.25, 0.3) is 0 Å². The summed E-state index contributed by atoms with van der Waals surface area (Å²) in [7, 11) is 0. The summed E-state index contributed by atoms with van der Waals surface area (Å²) in [5.74, 6) is 3.20. The second-order valence-corrected chi connectivity index (χ2v) is 7.09. The zero-order valence-electron chi connectivity index (χ0n) is 13.1. The Hall–Kier alpha value is -1.04. The van der Waals surface area contributed by atoms with Crippen molar-refractivity contribution in [2.45, 2.75) is 52.4 Å². The lowest BCUT2D eigenvalue weighted by molar-refractivity contribution is 0.433. The smallest absolute Gasteiger partial charge is 0.00959 e. The molecule has 0 heterocycles. The molecule has 0 amide bonds. The zero-order valence-corrected chi connectivity index (χ0v) is 13.1. The van der Waals surface area contributed by atoms with E-state index in [1.807, 2.05) is 0 Å². The maximum absolute atomic E-state index is 4.06. The van der Waals surface area contributed by atoms with Crippen LogP contribution >= 0.6 is 0 Å². The van der Waals surface area contributed by atoms with E-state index in [9.17, 15) is 0 Å². The quantitative estimate of drug-likeness (QED) is 0.560. The minimum absolute atomic E-state index is 0.624. The highest BCUT2D eigenvalue weighted by Crippen LogP contribution is 2.47. The summed E-state index contributed by atoms with van der Waals surface area (Å²) < 4.78 is 0. The molecule has 108 valence electrons. The lowest BCUT2D eigenvalue weighted by Crippen LogP contribution is -2.18. The average molecular weight is 268 g/mol. The minimum Gasteiger partial charge on any atom is -0.0988 e. The topological polar surface area (TPSA) is 0 Å². The molecule has 0 aromatic carbocycles. The van der Waals surface area contributed by atoms with E-state index in [0.717, 1.165) is 11.8 Å². The van der Waals surface area contributed by atoms with Gasteiger partial charge in [0.1, 0.15) is 0 Å². The summed E-state index contributed by atoms with van der Waals surface area (Å²) in [6, 6.07) is 0. The van der Waals surface area contributed by atoms with E-state index in [2.05, 4.69) is 44.7 Å². The molecule has 0 heteroatoms. The number of hydrogen-bond acceptors (Lipinski definition) is 0.